The van der Waals surface area contributed by atoms with Crippen molar-refractivity contribution in [2.45, 2.75) is 32.4 Å². The summed E-state index contributed by atoms with van der Waals surface area (Å²) in [5.74, 6) is 1.07. The quantitative estimate of drug-likeness (QED) is 0.795. The van der Waals surface area contributed by atoms with E-state index in [0.717, 1.165) is 37.4 Å². The van der Waals surface area contributed by atoms with Crippen LogP contribution in [-0.4, -0.2) is 40.9 Å². The van der Waals surface area contributed by atoms with E-state index in [2.05, 4.69) is 34.3 Å². The van der Waals surface area contributed by atoms with E-state index in [0.29, 0.717) is 13.1 Å². The molecule has 7 heteroatoms. The van der Waals surface area contributed by atoms with Crippen LogP contribution in [-0.2, 0) is 19.4 Å². The van der Waals surface area contributed by atoms with Crippen molar-refractivity contribution in [3.8, 4) is 0 Å². The van der Waals surface area contributed by atoms with E-state index in [4.69, 9.17) is 10.3 Å². The molecule has 0 radical (unpaired) electrons. The number of hydrogen-bond acceptors (Lipinski definition) is 5. The molecule has 2 heterocycles. The number of nitrogens with two attached hydrogens (primary N) is 1. The van der Waals surface area contributed by atoms with E-state index < -0.39 is 0 Å². The molecule has 1 saturated heterocycles. The minimum absolute atomic E-state index is 0. The molecule has 1 aromatic carbocycles. The fraction of sp³-hybridized carbons (Fsp3) is 0.500. The Morgan fingerprint density at radius 2 is 1.88 bits per heavy atom. The Kier molecular flexibility index (Phi) is 8.89. The summed E-state index contributed by atoms with van der Waals surface area (Å²) in [6.45, 7) is 5.05. The molecule has 0 unspecified atom stereocenters. The molecule has 5 nitrogen and oxygen atoms in total. The van der Waals surface area contributed by atoms with E-state index in [9.17, 15) is 5.11 Å². The van der Waals surface area contributed by atoms with Gasteiger partial charge in [-0.1, -0.05) is 29.4 Å². The van der Waals surface area contributed by atoms with Crippen molar-refractivity contribution in [3.63, 3.8) is 0 Å². The number of aryl methyl sites for hydroxylation is 1. The normalized spacial score (nSPS) is 20.1. The second-order valence-corrected chi connectivity index (χ2v) is 6.52. The lowest BCUT2D eigenvalue weighted by Crippen LogP contribution is -2.21. The Balaban J connectivity index is 0.00000156. The number of benzene rings is 1. The van der Waals surface area contributed by atoms with Crippen LogP contribution in [0.3, 0.4) is 0 Å². The van der Waals surface area contributed by atoms with Gasteiger partial charge in [-0.15, -0.1) is 24.8 Å². The predicted octanol–water partition coefficient (Wildman–Crippen LogP) is 2.36. The van der Waals surface area contributed by atoms with E-state index in [1.54, 1.807) is 0 Å². The number of hydrogen-bond donors (Lipinski definition) is 2. The Hall–Kier alpha value is -1.11. The molecule has 1 aliphatic heterocycles. The van der Waals surface area contributed by atoms with Gasteiger partial charge in [0.05, 0.1) is 11.8 Å². The summed E-state index contributed by atoms with van der Waals surface area (Å²) in [7, 11) is 0. The molecule has 3 rings (SSSR count). The molecule has 1 aliphatic rings. The van der Waals surface area contributed by atoms with Gasteiger partial charge < -0.3 is 15.4 Å². The number of aliphatic hydroxyl groups excluding tert-OH is 1. The van der Waals surface area contributed by atoms with Gasteiger partial charge >= 0.3 is 0 Å². The number of halogens is 2. The topological polar surface area (TPSA) is 75.5 Å². The third kappa shape index (κ3) is 5.97. The van der Waals surface area contributed by atoms with Crippen molar-refractivity contribution < 1.29 is 9.63 Å². The zero-order valence-electron chi connectivity index (χ0n) is 14.4. The number of likely N-dealkylation sites (tertiary alicyclic amines) is 1. The molecule has 1 fully saturated rings. The second-order valence-electron chi connectivity index (χ2n) is 6.52. The molecule has 0 aliphatic carbocycles. The van der Waals surface area contributed by atoms with Crippen LogP contribution < -0.4 is 5.73 Å². The van der Waals surface area contributed by atoms with Gasteiger partial charge in [0.2, 0.25) is 0 Å². The molecule has 1 aromatic heterocycles. The van der Waals surface area contributed by atoms with Gasteiger partial charge in [-0.05, 0) is 31.0 Å². The highest BCUT2D eigenvalue weighted by Gasteiger charge is 2.32. The number of β-amino-alcohol motifs (C(OH)–C–C–N with tert-alkyl or cyclic N) is 1. The summed E-state index contributed by atoms with van der Waals surface area (Å²) in [6.07, 6.45) is 1.35. The molecular weight excluding hydrogens is 361 g/mol. The number of rotatable bonds is 6. The maximum absolute atomic E-state index is 10.3. The van der Waals surface area contributed by atoms with Crippen molar-refractivity contribution in [3.05, 3.63) is 52.9 Å². The van der Waals surface area contributed by atoms with Crippen LogP contribution in [0.25, 0.3) is 0 Å². The second kappa shape index (κ2) is 10.1. The molecule has 2 aromatic rings. The van der Waals surface area contributed by atoms with Gasteiger partial charge in [0.25, 0.3) is 0 Å². The zero-order valence-corrected chi connectivity index (χ0v) is 16.1. The first-order valence-corrected chi connectivity index (χ1v) is 8.24. The van der Waals surface area contributed by atoms with E-state index >= 15 is 0 Å². The summed E-state index contributed by atoms with van der Waals surface area (Å²) in [4.78, 5) is 2.30. The van der Waals surface area contributed by atoms with Crippen LogP contribution in [0.1, 0.15) is 22.6 Å². The Bertz CT molecular complexity index is 634. The van der Waals surface area contributed by atoms with Crippen LogP contribution in [0.5, 0.6) is 0 Å². The first-order chi connectivity index (χ1) is 11.1. The summed E-state index contributed by atoms with van der Waals surface area (Å²) in [5.41, 5.74) is 9.02. The van der Waals surface area contributed by atoms with Crippen molar-refractivity contribution in [2.75, 3.05) is 19.6 Å². The fourth-order valence-corrected chi connectivity index (χ4v) is 3.28. The predicted molar refractivity (Wildman–Crippen MR) is 103 cm³/mol. The first-order valence-electron chi connectivity index (χ1n) is 8.24. The zero-order chi connectivity index (χ0) is 16.2. The average molecular weight is 388 g/mol. The lowest BCUT2D eigenvalue weighted by Gasteiger charge is -2.15. The van der Waals surface area contributed by atoms with Crippen molar-refractivity contribution in [1.82, 2.24) is 10.1 Å². The largest absolute Gasteiger partial charge is 0.391 e. The average Bonchev–Trinajstić information content (AvgIpc) is 3.08. The molecule has 2 atom stereocenters. The molecular formula is C18H27Cl2N3O2. The van der Waals surface area contributed by atoms with Gasteiger partial charge in [-0.2, -0.15) is 0 Å². The van der Waals surface area contributed by atoms with Crippen molar-refractivity contribution >= 4 is 24.8 Å². The highest BCUT2D eigenvalue weighted by Crippen LogP contribution is 2.23. The van der Waals surface area contributed by atoms with Crippen molar-refractivity contribution in [2.24, 2.45) is 11.7 Å². The summed E-state index contributed by atoms with van der Waals surface area (Å²) < 4.78 is 5.27. The van der Waals surface area contributed by atoms with Gasteiger partial charge in [0.1, 0.15) is 5.76 Å². The van der Waals surface area contributed by atoms with E-state index in [-0.39, 0.29) is 36.8 Å². The molecule has 3 N–H and O–H groups in total. The number of aliphatic hydroxyl groups is 1. The number of nitrogens with zero attached hydrogens (tertiary/aromatic N) is 2. The minimum Gasteiger partial charge on any atom is -0.391 e. The highest BCUT2D eigenvalue weighted by atomic mass is 35.5. The number of aromatic nitrogens is 1. The molecule has 140 valence electrons. The van der Waals surface area contributed by atoms with Gasteiger partial charge in [-0.25, -0.2) is 0 Å². The molecule has 25 heavy (non-hydrogen) atoms. The lowest BCUT2D eigenvalue weighted by atomic mass is 10.0. The standard InChI is InChI=1S/C18H25N3O2.2ClH/c1-13-8-17(23-20-13)9-16-11-21(12-18(16)22)10-15-4-2-14(3-5-15)6-7-19;;/h2-5,8,16,18,22H,6-7,9-12,19H2,1H3;2*1H/t16-,18-;;/m1../s1. The Morgan fingerprint density at radius 3 is 2.48 bits per heavy atom. The van der Waals surface area contributed by atoms with Crippen LogP contribution >= 0.6 is 24.8 Å². The van der Waals surface area contributed by atoms with Gasteiger partial charge in [0.15, 0.2) is 0 Å². The van der Waals surface area contributed by atoms with Gasteiger partial charge in [-0.3, -0.25) is 4.90 Å². The fourth-order valence-electron chi connectivity index (χ4n) is 3.28. The molecule has 0 spiro atoms. The first kappa shape index (κ1) is 21.9. The lowest BCUT2D eigenvalue weighted by molar-refractivity contribution is 0.137. The summed E-state index contributed by atoms with van der Waals surface area (Å²) in [5, 5.41) is 14.2. The summed E-state index contributed by atoms with van der Waals surface area (Å²) >= 11 is 0. The van der Waals surface area contributed by atoms with Crippen LogP contribution in [0.15, 0.2) is 34.9 Å². The summed E-state index contributed by atoms with van der Waals surface area (Å²) in [6, 6.07) is 10.5. The maximum Gasteiger partial charge on any atom is 0.137 e. The molecule has 0 bridgehead atoms. The minimum atomic E-state index is -0.308. The monoisotopic (exact) mass is 387 g/mol. The van der Waals surface area contributed by atoms with Crippen LogP contribution in [0.2, 0.25) is 0 Å². The SMILES string of the molecule is Cc1cc(C[C@@H]2CN(Cc3ccc(CCN)cc3)C[C@H]2O)on1.Cl.Cl. The third-order valence-corrected chi connectivity index (χ3v) is 4.48. The van der Waals surface area contributed by atoms with E-state index in [1.165, 1.54) is 11.1 Å². The Morgan fingerprint density at radius 1 is 1.20 bits per heavy atom. The molecule has 0 saturated carbocycles. The van der Waals surface area contributed by atoms with Gasteiger partial charge in [0, 0.05) is 38.0 Å². The van der Waals surface area contributed by atoms with Crippen LogP contribution in [0.4, 0.5) is 0 Å². The van der Waals surface area contributed by atoms with Crippen LogP contribution in [0, 0.1) is 12.8 Å². The third-order valence-electron chi connectivity index (χ3n) is 4.48. The van der Waals surface area contributed by atoms with Crippen molar-refractivity contribution in [1.29, 1.82) is 0 Å². The van der Waals surface area contributed by atoms with E-state index in [1.807, 2.05) is 13.0 Å². The smallest absolute Gasteiger partial charge is 0.137 e. The molecule has 0 amide bonds. The Labute approximate surface area is 161 Å². The maximum atomic E-state index is 10.3. The highest BCUT2D eigenvalue weighted by molar-refractivity contribution is 5.85.